The molecule has 0 atom stereocenters. The van der Waals surface area contributed by atoms with Gasteiger partial charge in [0, 0.05) is 22.9 Å². The van der Waals surface area contributed by atoms with E-state index in [1.807, 2.05) is 36.4 Å². The standard InChI is InChI=1S/C22H17BrFN3O3/c23-15-8-9-18(17(24)12-15)25-20(28)13-26-10-11-27(22(30)21(26)29)19-7-3-5-14-4-1-2-6-16(14)19/h1-9,12H,10-11,13H2,(H,25,28). The molecule has 6 nitrogen and oxygen atoms in total. The summed E-state index contributed by atoms with van der Waals surface area (Å²) in [6, 6.07) is 17.4. The first-order chi connectivity index (χ1) is 14.4. The van der Waals surface area contributed by atoms with E-state index < -0.39 is 23.5 Å². The zero-order valence-corrected chi connectivity index (χ0v) is 17.4. The number of carbonyl (C=O) groups is 3. The predicted octanol–water partition coefficient (Wildman–Crippen LogP) is 3.56. The topological polar surface area (TPSA) is 69.7 Å². The van der Waals surface area contributed by atoms with E-state index >= 15 is 0 Å². The first-order valence-corrected chi connectivity index (χ1v) is 10.1. The molecule has 0 aliphatic carbocycles. The van der Waals surface area contributed by atoms with Crippen LogP contribution in [0.25, 0.3) is 10.8 Å². The Balaban J connectivity index is 1.47. The van der Waals surface area contributed by atoms with Crippen LogP contribution in [0, 0.1) is 5.82 Å². The van der Waals surface area contributed by atoms with Crippen molar-refractivity contribution in [3.05, 3.63) is 71.0 Å². The Morgan fingerprint density at radius 3 is 2.57 bits per heavy atom. The Kier molecular flexibility index (Phi) is 5.50. The number of hydrogen-bond acceptors (Lipinski definition) is 3. The van der Waals surface area contributed by atoms with Crippen molar-refractivity contribution in [1.82, 2.24) is 4.90 Å². The van der Waals surface area contributed by atoms with Crippen LogP contribution in [-0.4, -0.2) is 42.3 Å². The second kappa shape index (κ2) is 8.23. The SMILES string of the molecule is O=C(CN1CCN(c2cccc3ccccc23)C(=O)C1=O)Nc1ccc(Br)cc1F. The first kappa shape index (κ1) is 20.0. The Morgan fingerprint density at radius 2 is 1.77 bits per heavy atom. The monoisotopic (exact) mass is 469 g/mol. The summed E-state index contributed by atoms with van der Waals surface area (Å²) in [6.07, 6.45) is 0. The quantitative estimate of drug-likeness (QED) is 0.593. The van der Waals surface area contributed by atoms with Crippen LogP contribution in [0.4, 0.5) is 15.8 Å². The van der Waals surface area contributed by atoms with E-state index in [4.69, 9.17) is 0 Å². The summed E-state index contributed by atoms with van der Waals surface area (Å²) in [5.41, 5.74) is 0.670. The summed E-state index contributed by atoms with van der Waals surface area (Å²) in [7, 11) is 0. The van der Waals surface area contributed by atoms with E-state index in [1.54, 1.807) is 12.1 Å². The van der Waals surface area contributed by atoms with Gasteiger partial charge in [0.1, 0.15) is 12.4 Å². The molecule has 4 rings (SSSR count). The van der Waals surface area contributed by atoms with Crippen LogP contribution in [0.5, 0.6) is 0 Å². The van der Waals surface area contributed by atoms with Gasteiger partial charge in [-0.05, 0) is 29.7 Å². The smallest absolute Gasteiger partial charge is 0.316 e. The minimum absolute atomic E-state index is 0.0105. The van der Waals surface area contributed by atoms with Gasteiger partial charge in [-0.2, -0.15) is 0 Å². The molecular weight excluding hydrogens is 453 g/mol. The molecule has 0 saturated carbocycles. The third-order valence-corrected chi connectivity index (χ3v) is 5.40. The van der Waals surface area contributed by atoms with Crippen molar-refractivity contribution in [1.29, 1.82) is 0 Å². The van der Waals surface area contributed by atoms with Crippen LogP contribution >= 0.6 is 15.9 Å². The molecule has 0 bridgehead atoms. The molecule has 152 valence electrons. The highest BCUT2D eigenvalue weighted by molar-refractivity contribution is 9.10. The predicted molar refractivity (Wildman–Crippen MR) is 116 cm³/mol. The maximum atomic E-state index is 13.9. The number of nitrogens with one attached hydrogen (secondary N) is 1. The largest absolute Gasteiger partial charge is 0.323 e. The molecular formula is C22H17BrFN3O3. The highest BCUT2D eigenvalue weighted by atomic mass is 79.9. The third-order valence-electron chi connectivity index (χ3n) is 4.91. The normalized spacial score (nSPS) is 14.3. The molecule has 0 unspecified atom stereocenters. The average molecular weight is 470 g/mol. The van der Waals surface area contributed by atoms with Crippen LogP contribution in [-0.2, 0) is 14.4 Å². The lowest BCUT2D eigenvalue weighted by atomic mass is 10.1. The summed E-state index contributed by atoms with van der Waals surface area (Å²) in [5.74, 6) is -2.63. The van der Waals surface area contributed by atoms with E-state index in [0.717, 1.165) is 10.8 Å². The van der Waals surface area contributed by atoms with E-state index in [1.165, 1.54) is 21.9 Å². The number of rotatable bonds is 4. The van der Waals surface area contributed by atoms with Gasteiger partial charge in [0.25, 0.3) is 0 Å². The van der Waals surface area contributed by atoms with Gasteiger partial charge in [-0.15, -0.1) is 0 Å². The van der Waals surface area contributed by atoms with Gasteiger partial charge in [0.15, 0.2) is 0 Å². The maximum Gasteiger partial charge on any atom is 0.316 e. The molecule has 0 aromatic heterocycles. The number of anilines is 2. The molecule has 3 aromatic carbocycles. The molecule has 1 fully saturated rings. The number of piperazine rings is 1. The van der Waals surface area contributed by atoms with Crippen molar-refractivity contribution in [3.8, 4) is 0 Å². The third kappa shape index (κ3) is 3.91. The Bertz CT molecular complexity index is 1160. The number of amides is 3. The average Bonchev–Trinajstić information content (AvgIpc) is 2.73. The van der Waals surface area contributed by atoms with E-state index in [-0.39, 0.29) is 25.3 Å². The van der Waals surface area contributed by atoms with Crippen molar-refractivity contribution >= 4 is 55.8 Å². The van der Waals surface area contributed by atoms with Gasteiger partial charge in [-0.25, -0.2) is 4.39 Å². The van der Waals surface area contributed by atoms with Crippen LogP contribution in [0.15, 0.2) is 65.1 Å². The van der Waals surface area contributed by atoms with E-state index in [0.29, 0.717) is 10.2 Å². The second-order valence-corrected chi connectivity index (χ2v) is 7.77. The van der Waals surface area contributed by atoms with Crippen molar-refractivity contribution in [2.75, 3.05) is 29.9 Å². The minimum Gasteiger partial charge on any atom is -0.323 e. The lowest BCUT2D eigenvalue weighted by Gasteiger charge is -2.33. The fraction of sp³-hybridized carbons (Fsp3) is 0.136. The summed E-state index contributed by atoms with van der Waals surface area (Å²) in [5, 5.41) is 4.27. The first-order valence-electron chi connectivity index (χ1n) is 9.27. The molecule has 30 heavy (non-hydrogen) atoms. The van der Waals surface area contributed by atoms with Crippen LogP contribution in [0.1, 0.15) is 0 Å². The number of benzene rings is 3. The maximum absolute atomic E-state index is 13.9. The van der Waals surface area contributed by atoms with Crippen LogP contribution in [0.3, 0.4) is 0 Å². The van der Waals surface area contributed by atoms with Crippen LogP contribution < -0.4 is 10.2 Å². The van der Waals surface area contributed by atoms with Crippen LogP contribution in [0.2, 0.25) is 0 Å². The van der Waals surface area contributed by atoms with Crippen molar-refractivity contribution in [2.45, 2.75) is 0 Å². The lowest BCUT2D eigenvalue weighted by molar-refractivity contribution is -0.147. The molecule has 1 aliphatic rings. The fourth-order valence-corrected chi connectivity index (χ4v) is 3.79. The summed E-state index contributed by atoms with van der Waals surface area (Å²) >= 11 is 3.15. The Hall–Kier alpha value is -3.26. The Morgan fingerprint density at radius 1 is 1.00 bits per heavy atom. The van der Waals surface area contributed by atoms with Crippen molar-refractivity contribution in [2.24, 2.45) is 0 Å². The van der Waals surface area contributed by atoms with Crippen molar-refractivity contribution < 1.29 is 18.8 Å². The minimum atomic E-state index is -0.763. The number of fused-ring (bicyclic) bond motifs is 1. The van der Waals surface area contributed by atoms with Gasteiger partial charge < -0.3 is 15.1 Å². The molecule has 3 amide bonds. The Labute approximate surface area is 180 Å². The number of nitrogens with zero attached hydrogens (tertiary/aromatic N) is 2. The summed E-state index contributed by atoms with van der Waals surface area (Å²) in [6.45, 7) is 0.131. The van der Waals surface area contributed by atoms with E-state index in [9.17, 15) is 18.8 Å². The summed E-state index contributed by atoms with van der Waals surface area (Å²) < 4.78 is 14.5. The van der Waals surface area contributed by atoms with Gasteiger partial charge in [0.05, 0.1) is 11.4 Å². The molecule has 1 N–H and O–H groups in total. The zero-order valence-electron chi connectivity index (χ0n) is 15.8. The van der Waals surface area contributed by atoms with Gasteiger partial charge in [0.2, 0.25) is 5.91 Å². The molecule has 1 saturated heterocycles. The number of halogens is 2. The zero-order chi connectivity index (χ0) is 21.3. The van der Waals surface area contributed by atoms with Gasteiger partial charge in [-0.3, -0.25) is 14.4 Å². The second-order valence-electron chi connectivity index (χ2n) is 6.85. The fourth-order valence-electron chi connectivity index (χ4n) is 3.45. The molecule has 0 spiro atoms. The molecule has 1 heterocycles. The lowest BCUT2D eigenvalue weighted by Crippen LogP contribution is -2.56. The number of hydrogen-bond donors (Lipinski definition) is 1. The van der Waals surface area contributed by atoms with Gasteiger partial charge in [-0.1, -0.05) is 52.3 Å². The molecule has 3 aromatic rings. The highest BCUT2D eigenvalue weighted by Gasteiger charge is 2.34. The van der Waals surface area contributed by atoms with Crippen molar-refractivity contribution in [3.63, 3.8) is 0 Å². The van der Waals surface area contributed by atoms with Gasteiger partial charge >= 0.3 is 11.8 Å². The summed E-state index contributed by atoms with van der Waals surface area (Å²) in [4.78, 5) is 40.3. The number of carbonyl (C=O) groups excluding carboxylic acids is 3. The molecule has 1 aliphatic heterocycles. The highest BCUT2D eigenvalue weighted by Crippen LogP contribution is 2.28. The van der Waals surface area contributed by atoms with E-state index in [2.05, 4.69) is 21.2 Å². The molecule has 8 heteroatoms. The molecule has 0 radical (unpaired) electrons.